The lowest BCUT2D eigenvalue weighted by Crippen LogP contribution is -2.27. The molecule has 2 unspecified atom stereocenters. The third-order valence-electron chi connectivity index (χ3n) is 5.03. The van der Waals surface area contributed by atoms with Crippen molar-refractivity contribution >= 4 is 17.6 Å². The van der Waals surface area contributed by atoms with Gasteiger partial charge < -0.3 is 5.32 Å². The second kappa shape index (κ2) is 7.09. The molecule has 5 heteroatoms. The van der Waals surface area contributed by atoms with Crippen molar-refractivity contribution in [2.45, 2.75) is 56.7 Å². The van der Waals surface area contributed by atoms with Crippen molar-refractivity contribution in [1.82, 2.24) is 15.0 Å². The molecule has 1 fully saturated rings. The lowest BCUT2D eigenvalue weighted by Gasteiger charge is -2.22. The zero-order chi connectivity index (χ0) is 16.4. The molecular formula is C19H24N4S. The molecule has 126 valence electrons. The molecule has 4 nitrogen and oxygen atoms in total. The van der Waals surface area contributed by atoms with E-state index in [9.17, 15) is 0 Å². The van der Waals surface area contributed by atoms with Crippen LogP contribution in [0.5, 0.6) is 0 Å². The van der Waals surface area contributed by atoms with Gasteiger partial charge >= 0.3 is 0 Å². The fourth-order valence-corrected chi connectivity index (χ4v) is 5.06. The Labute approximate surface area is 147 Å². The van der Waals surface area contributed by atoms with E-state index in [2.05, 4.69) is 29.0 Å². The smallest absolute Gasteiger partial charge is 0.161 e. The Balaban J connectivity index is 1.66. The lowest BCUT2D eigenvalue weighted by atomic mass is 10.2. The maximum absolute atomic E-state index is 4.91. The Morgan fingerprint density at radius 1 is 1.12 bits per heavy atom. The second-order valence-corrected chi connectivity index (χ2v) is 8.10. The Morgan fingerprint density at radius 3 is 2.83 bits per heavy atom. The summed E-state index contributed by atoms with van der Waals surface area (Å²) in [6, 6.07) is 4.53. The monoisotopic (exact) mass is 340 g/mol. The van der Waals surface area contributed by atoms with Gasteiger partial charge in [-0.3, -0.25) is 4.98 Å². The molecule has 0 amide bonds. The maximum Gasteiger partial charge on any atom is 0.161 e. The highest BCUT2D eigenvalue weighted by molar-refractivity contribution is 7.99. The summed E-state index contributed by atoms with van der Waals surface area (Å²) in [6.45, 7) is 2.25. The molecule has 2 aliphatic carbocycles. The van der Waals surface area contributed by atoms with Gasteiger partial charge in [-0.1, -0.05) is 13.3 Å². The molecule has 0 spiro atoms. The van der Waals surface area contributed by atoms with Crippen molar-refractivity contribution in [1.29, 1.82) is 0 Å². The van der Waals surface area contributed by atoms with E-state index in [1.165, 1.54) is 42.7 Å². The van der Waals surface area contributed by atoms with Crippen LogP contribution in [-0.2, 0) is 12.8 Å². The Morgan fingerprint density at radius 2 is 2.00 bits per heavy atom. The number of thioether (sulfide) groups is 1. The number of hydrogen-bond donors (Lipinski definition) is 1. The topological polar surface area (TPSA) is 50.7 Å². The van der Waals surface area contributed by atoms with Crippen molar-refractivity contribution in [3.63, 3.8) is 0 Å². The van der Waals surface area contributed by atoms with Crippen LogP contribution in [0.2, 0.25) is 0 Å². The number of fused-ring (bicyclic) bond motifs is 1. The minimum absolute atomic E-state index is 0.542. The first-order valence-corrected chi connectivity index (χ1v) is 10.1. The van der Waals surface area contributed by atoms with Gasteiger partial charge in [-0.25, -0.2) is 9.97 Å². The normalized spacial score (nSPS) is 22.5. The van der Waals surface area contributed by atoms with Crippen molar-refractivity contribution in [2.24, 2.45) is 0 Å². The van der Waals surface area contributed by atoms with Gasteiger partial charge in [-0.2, -0.15) is 11.8 Å². The van der Waals surface area contributed by atoms with Crippen LogP contribution in [0, 0.1) is 0 Å². The molecule has 0 bridgehead atoms. The fraction of sp³-hybridized carbons (Fsp3) is 0.526. The van der Waals surface area contributed by atoms with E-state index >= 15 is 0 Å². The van der Waals surface area contributed by atoms with Gasteiger partial charge in [0.2, 0.25) is 0 Å². The average molecular weight is 340 g/mol. The lowest BCUT2D eigenvalue weighted by molar-refractivity contribution is 0.759. The van der Waals surface area contributed by atoms with Crippen LogP contribution in [0.4, 0.5) is 5.82 Å². The Kier molecular flexibility index (Phi) is 4.69. The van der Waals surface area contributed by atoms with Crippen LogP contribution in [-0.4, -0.2) is 32.0 Å². The van der Waals surface area contributed by atoms with Gasteiger partial charge in [0.25, 0.3) is 0 Å². The van der Waals surface area contributed by atoms with E-state index in [0.29, 0.717) is 11.3 Å². The van der Waals surface area contributed by atoms with E-state index in [0.717, 1.165) is 30.0 Å². The summed E-state index contributed by atoms with van der Waals surface area (Å²) >= 11 is 2.09. The maximum atomic E-state index is 4.91. The summed E-state index contributed by atoms with van der Waals surface area (Å²) in [5, 5.41) is 4.51. The first-order valence-electron chi connectivity index (χ1n) is 9.03. The summed E-state index contributed by atoms with van der Waals surface area (Å²) in [5.74, 6) is 3.10. The molecule has 2 atom stereocenters. The second-order valence-electron chi connectivity index (χ2n) is 6.59. The number of anilines is 1. The zero-order valence-electron chi connectivity index (χ0n) is 14.2. The molecule has 2 aromatic heterocycles. The van der Waals surface area contributed by atoms with Gasteiger partial charge in [-0.05, 0) is 50.0 Å². The SMILES string of the molecule is CCSC1CCCC1Nc1nc(-c2ccncc2)nc2c1CCC2. The molecule has 4 rings (SSSR count). The Bertz CT molecular complexity index is 704. The molecule has 2 aliphatic rings. The molecule has 2 aromatic rings. The Hall–Kier alpha value is -1.62. The third kappa shape index (κ3) is 3.14. The highest BCUT2D eigenvalue weighted by Gasteiger charge is 2.29. The first kappa shape index (κ1) is 15.9. The first-order chi connectivity index (χ1) is 11.8. The van der Waals surface area contributed by atoms with Gasteiger partial charge in [0.05, 0.1) is 0 Å². The van der Waals surface area contributed by atoms with Gasteiger partial charge in [0.15, 0.2) is 5.82 Å². The predicted octanol–water partition coefficient (Wildman–Crippen LogP) is 4.11. The van der Waals surface area contributed by atoms with Crippen LogP contribution < -0.4 is 5.32 Å². The van der Waals surface area contributed by atoms with Crippen molar-refractivity contribution in [2.75, 3.05) is 11.1 Å². The minimum Gasteiger partial charge on any atom is -0.366 e. The van der Waals surface area contributed by atoms with Crippen LogP contribution >= 0.6 is 11.8 Å². The quantitative estimate of drug-likeness (QED) is 0.887. The average Bonchev–Trinajstić information content (AvgIpc) is 3.25. The summed E-state index contributed by atoms with van der Waals surface area (Å²) in [7, 11) is 0. The molecule has 0 radical (unpaired) electrons. The molecule has 24 heavy (non-hydrogen) atoms. The standard InChI is InChI=1S/C19H24N4S/c1-2-24-17-8-4-7-16(17)22-19-14-5-3-6-15(14)21-18(23-19)13-9-11-20-12-10-13/h9-12,16-17H,2-8H2,1H3,(H,21,22,23). The molecule has 1 saturated carbocycles. The zero-order valence-corrected chi connectivity index (χ0v) is 15.0. The number of rotatable bonds is 5. The number of aromatic nitrogens is 3. The molecule has 2 heterocycles. The fourth-order valence-electron chi connectivity index (χ4n) is 3.86. The van der Waals surface area contributed by atoms with Crippen LogP contribution in [0.25, 0.3) is 11.4 Å². The number of pyridine rings is 1. The number of aryl methyl sites for hydroxylation is 1. The molecule has 0 saturated heterocycles. The van der Waals surface area contributed by atoms with Crippen molar-refractivity contribution in [3.05, 3.63) is 35.8 Å². The number of nitrogens with one attached hydrogen (secondary N) is 1. The third-order valence-corrected chi connectivity index (χ3v) is 6.35. The van der Waals surface area contributed by atoms with Crippen molar-refractivity contribution < 1.29 is 0 Å². The van der Waals surface area contributed by atoms with Crippen molar-refractivity contribution in [3.8, 4) is 11.4 Å². The van der Waals surface area contributed by atoms with E-state index < -0.39 is 0 Å². The number of hydrogen-bond acceptors (Lipinski definition) is 5. The highest BCUT2D eigenvalue weighted by atomic mass is 32.2. The molecular weight excluding hydrogens is 316 g/mol. The minimum atomic E-state index is 0.542. The molecule has 0 aliphatic heterocycles. The number of nitrogens with zero attached hydrogens (tertiary/aromatic N) is 3. The van der Waals surface area contributed by atoms with E-state index in [-0.39, 0.29) is 0 Å². The highest BCUT2D eigenvalue weighted by Crippen LogP contribution is 2.35. The van der Waals surface area contributed by atoms with Gasteiger partial charge in [0.1, 0.15) is 5.82 Å². The van der Waals surface area contributed by atoms with Gasteiger partial charge in [-0.15, -0.1) is 0 Å². The van der Waals surface area contributed by atoms with E-state index in [1.807, 2.05) is 24.5 Å². The van der Waals surface area contributed by atoms with Crippen LogP contribution in [0.1, 0.15) is 43.9 Å². The molecule has 1 N–H and O–H groups in total. The summed E-state index contributed by atoms with van der Waals surface area (Å²) in [4.78, 5) is 13.8. The van der Waals surface area contributed by atoms with E-state index in [1.54, 1.807) is 0 Å². The van der Waals surface area contributed by atoms with E-state index in [4.69, 9.17) is 9.97 Å². The summed E-state index contributed by atoms with van der Waals surface area (Å²) < 4.78 is 0. The predicted molar refractivity (Wildman–Crippen MR) is 100 cm³/mol. The van der Waals surface area contributed by atoms with Crippen LogP contribution in [0.3, 0.4) is 0 Å². The largest absolute Gasteiger partial charge is 0.366 e. The van der Waals surface area contributed by atoms with Crippen LogP contribution in [0.15, 0.2) is 24.5 Å². The molecule has 0 aromatic carbocycles. The summed E-state index contributed by atoms with van der Waals surface area (Å²) in [6.07, 6.45) is 10.9. The van der Waals surface area contributed by atoms with Gasteiger partial charge in [0, 0.05) is 40.5 Å². The summed E-state index contributed by atoms with van der Waals surface area (Å²) in [5.41, 5.74) is 3.63.